The lowest BCUT2D eigenvalue weighted by molar-refractivity contribution is 0.410. The van der Waals surface area contributed by atoms with Crippen LogP contribution >= 0.6 is 0 Å². The lowest BCUT2D eigenvalue weighted by atomic mass is 10.1. The Hall–Kier alpha value is -1.68. The maximum atomic E-state index is 4.38. The molecule has 1 N–H and O–H groups in total. The van der Waals surface area contributed by atoms with Crippen LogP contribution in [-0.4, -0.2) is 35.9 Å². The molecule has 0 amide bonds. The third-order valence-corrected chi connectivity index (χ3v) is 3.49. The third-order valence-electron chi connectivity index (χ3n) is 3.49. The molecule has 1 saturated heterocycles. The summed E-state index contributed by atoms with van der Waals surface area (Å²) in [6.45, 7) is 5.34. The number of aromatic nitrogens is 2. The quantitative estimate of drug-likeness (QED) is 0.888. The highest BCUT2D eigenvalue weighted by atomic mass is 15.3. The van der Waals surface area contributed by atoms with Gasteiger partial charge in [-0.15, -0.1) is 5.10 Å². The molecular weight excluding hydrogens is 224 g/mol. The molecule has 0 aliphatic carbocycles. The molecular formula is C14H18N4. The summed E-state index contributed by atoms with van der Waals surface area (Å²) < 4.78 is 0. The normalized spacial score (nSPS) is 15.6. The van der Waals surface area contributed by atoms with Gasteiger partial charge >= 0.3 is 0 Å². The van der Waals surface area contributed by atoms with Crippen LogP contribution < -0.4 is 10.2 Å². The number of benzene rings is 1. The van der Waals surface area contributed by atoms with Crippen molar-refractivity contribution in [1.82, 2.24) is 15.5 Å². The zero-order chi connectivity index (χ0) is 12.4. The van der Waals surface area contributed by atoms with Gasteiger partial charge in [-0.3, -0.25) is 0 Å². The number of anilines is 1. The molecule has 3 rings (SSSR count). The summed E-state index contributed by atoms with van der Waals surface area (Å²) in [6.07, 6.45) is 2.96. The minimum Gasteiger partial charge on any atom is -0.349 e. The predicted molar refractivity (Wildman–Crippen MR) is 73.8 cm³/mol. The van der Waals surface area contributed by atoms with Crippen molar-refractivity contribution in [3.63, 3.8) is 0 Å². The van der Waals surface area contributed by atoms with Crippen molar-refractivity contribution in [2.45, 2.75) is 19.4 Å². The van der Waals surface area contributed by atoms with E-state index in [4.69, 9.17) is 0 Å². The second-order valence-corrected chi connectivity index (χ2v) is 4.76. The second-order valence-electron chi connectivity index (χ2n) is 4.76. The van der Waals surface area contributed by atoms with Crippen LogP contribution in [0.3, 0.4) is 0 Å². The number of fused-ring (bicyclic) bond motifs is 1. The summed E-state index contributed by atoms with van der Waals surface area (Å²) in [4.78, 5) is 2.39. The molecule has 2 aromatic rings. The first-order valence-electron chi connectivity index (χ1n) is 6.58. The molecule has 1 fully saturated rings. The number of hydrogen-bond donors (Lipinski definition) is 1. The monoisotopic (exact) mass is 242 g/mol. The van der Waals surface area contributed by atoms with Crippen LogP contribution in [-0.2, 0) is 0 Å². The van der Waals surface area contributed by atoms with Crippen molar-refractivity contribution >= 4 is 16.6 Å². The molecule has 1 aromatic heterocycles. The molecule has 0 unspecified atom stereocenters. The van der Waals surface area contributed by atoms with Crippen LogP contribution in [0.25, 0.3) is 10.8 Å². The van der Waals surface area contributed by atoms with E-state index in [2.05, 4.69) is 45.5 Å². The molecule has 18 heavy (non-hydrogen) atoms. The maximum absolute atomic E-state index is 4.38. The van der Waals surface area contributed by atoms with E-state index in [1.165, 1.54) is 5.39 Å². The Kier molecular flexibility index (Phi) is 3.11. The summed E-state index contributed by atoms with van der Waals surface area (Å²) in [5.41, 5.74) is 0. The van der Waals surface area contributed by atoms with E-state index in [1.54, 1.807) is 0 Å². The Morgan fingerprint density at radius 3 is 2.89 bits per heavy atom. The van der Waals surface area contributed by atoms with Crippen LogP contribution in [0, 0.1) is 0 Å². The molecule has 1 aliphatic heterocycles. The van der Waals surface area contributed by atoms with E-state index in [9.17, 15) is 0 Å². The van der Waals surface area contributed by atoms with Crippen LogP contribution in [0.4, 0.5) is 5.82 Å². The first-order valence-corrected chi connectivity index (χ1v) is 6.58. The van der Waals surface area contributed by atoms with E-state index in [-0.39, 0.29) is 0 Å². The van der Waals surface area contributed by atoms with Gasteiger partial charge in [-0.2, -0.15) is 5.10 Å². The van der Waals surface area contributed by atoms with E-state index in [1.807, 2.05) is 12.3 Å². The molecule has 0 spiro atoms. The first-order chi connectivity index (χ1) is 8.90. The van der Waals surface area contributed by atoms with E-state index < -0.39 is 0 Å². The SMILES string of the molecule is CCCN(c1nncc2ccccc12)C1CNC1. The summed E-state index contributed by atoms with van der Waals surface area (Å²) in [5.74, 6) is 1.03. The molecule has 4 heteroatoms. The fraction of sp³-hybridized carbons (Fsp3) is 0.429. The van der Waals surface area contributed by atoms with Gasteiger partial charge in [0, 0.05) is 30.4 Å². The average molecular weight is 242 g/mol. The van der Waals surface area contributed by atoms with Crippen molar-refractivity contribution in [2.75, 3.05) is 24.5 Å². The summed E-state index contributed by atoms with van der Waals surface area (Å²) >= 11 is 0. The van der Waals surface area contributed by atoms with Crippen LogP contribution in [0.2, 0.25) is 0 Å². The standard InChI is InChI=1S/C14H18N4/c1-2-7-18(12-9-15-10-12)14-13-6-4-3-5-11(13)8-16-17-14/h3-6,8,12,15H,2,7,9-10H2,1H3. The largest absolute Gasteiger partial charge is 0.349 e. The van der Waals surface area contributed by atoms with Crippen molar-refractivity contribution in [3.8, 4) is 0 Å². The van der Waals surface area contributed by atoms with Crippen LogP contribution in [0.15, 0.2) is 30.5 Å². The van der Waals surface area contributed by atoms with Gasteiger partial charge in [-0.25, -0.2) is 0 Å². The minimum atomic E-state index is 0.560. The maximum Gasteiger partial charge on any atom is 0.159 e. The second kappa shape index (κ2) is 4.90. The van der Waals surface area contributed by atoms with Crippen LogP contribution in [0.5, 0.6) is 0 Å². The molecule has 94 valence electrons. The van der Waals surface area contributed by atoms with E-state index >= 15 is 0 Å². The Morgan fingerprint density at radius 1 is 1.33 bits per heavy atom. The predicted octanol–water partition coefficient (Wildman–Crippen LogP) is 1.82. The minimum absolute atomic E-state index is 0.560. The van der Waals surface area contributed by atoms with Crippen molar-refractivity contribution in [1.29, 1.82) is 0 Å². The zero-order valence-corrected chi connectivity index (χ0v) is 10.6. The zero-order valence-electron chi connectivity index (χ0n) is 10.6. The van der Waals surface area contributed by atoms with Gasteiger partial charge in [0.25, 0.3) is 0 Å². The van der Waals surface area contributed by atoms with Crippen LogP contribution in [0.1, 0.15) is 13.3 Å². The lowest BCUT2D eigenvalue weighted by Gasteiger charge is -2.39. The number of hydrogen-bond acceptors (Lipinski definition) is 4. The van der Waals surface area contributed by atoms with Crippen molar-refractivity contribution < 1.29 is 0 Å². The van der Waals surface area contributed by atoms with Crippen molar-refractivity contribution in [2.24, 2.45) is 0 Å². The highest BCUT2D eigenvalue weighted by Crippen LogP contribution is 2.25. The lowest BCUT2D eigenvalue weighted by Crippen LogP contribution is -2.57. The molecule has 0 saturated carbocycles. The van der Waals surface area contributed by atoms with Gasteiger partial charge in [-0.05, 0) is 6.42 Å². The molecule has 2 heterocycles. The van der Waals surface area contributed by atoms with E-state index in [0.29, 0.717) is 6.04 Å². The smallest absolute Gasteiger partial charge is 0.159 e. The van der Waals surface area contributed by atoms with Gasteiger partial charge < -0.3 is 10.2 Å². The number of rotatable bonds is 4. The molecule has 4 nitrogen and oxygen atoms in total. The summed E-state index contributed by atoms with van der Waals surface area (Å²) in [6, 6.07) is 8.90. The number of nitrogens with one attached hydrogen (secondary N) is 1. The van der Waals surface area contributed by atoms with Gasteiger partial charge in [0.15, 0.2) is 5.82 Å². The average Bonchev–Trinajstić information content (AvgIpc) is 2.35. The van der Waals surface area contributed by atoms with Gasteiger partial charge in [0.1, 0.15) is 0 Å². The molecule has 0 atom stereocenters. The topological polar surface area (TPSA) is 41.1 Å². The van der Waals surface area contributed by atoms with Crippen molar-refractivity contribution in [3.05, 3.63) is 30.5 Å². The summed E-state index contributed by atoms with van der Waals surface area (Å²) in [7, 11) is 0. The molecule has 1 aromatic carbocycles. The third kappa shape index (κ3) is 1.93. The Morgan fingerprint density at radius 2 is 2.17 bits per heavy atom. The Bertz CT molecular complexity index is 531. The fourth-order valence-electron chi connectivity index (χ4n) is 2.42. The van der Waals surface area contributed by atoms with E-state index in [0.717, 1.165) is 37.3 Å². The Balaban J connectivity index is 2.04. The number of nitrogens with zero attached hydrogens (tertiary/aromatic N) is 3. The highest BCUT2D eigenvalue weighted by Gasteiger charge is 2.26. The summed E-state index contributed by atoms with van der Waals surface area (Å²) in [5, 5.41) is 14.2. The highest BCUT2D eigenvalue weighted by molar-refractivity contribution is 5.91. The molecule has 0 bridgehead atoms. The van der Waals surface area contributed by atoms with Gasteiger partial charge in [-0.1, -0.05) is 31.2 Å². The fourth-order valence-corrected chi connectivity index (χ4v) is 2.42. The first kappa shape index (κ1) is 11.4. The Labute approximate surface area is 107 Å². The molecule has 1 aliphatic rings. The van der Waals surface area contributed by atoms with Gasteiger partial charge in [0.05, 0.1) is 12.2 Å². The van der Waals surface area contributed by atoms with Gasteiger partial charge in [0.2, 0.25) is 0 Å². The molecule has 0 radical (unpaired) electrons.